The summed E-state index contributed by atoms with van der Waals surface area (Å²) in [5, 5.41) is 3.17. The van der Waals surface area contributed by atoms with Crippen molar-refractivity contribution in [1.29, 1.82) is 0 Å². The van der Waals surface area contributed by atoms with Gasteiger partial charge in [-0.15, -0.1) is 0 Å². The number of benzene rings is 2. The van der Waals surface area contributed by atoms with Gasteiger partial charge >= 0.3 is 0 Å². The van der Waals surface area contributed by atoms with Crippen LogP contribution in [0.1, 0.15) is 27.4 Å². The zero-order valence-corrected chi connectivity index (χ0v) is 16.3. The second kappa shape index (κ2) is 8.58. The fourth-order valence-electron chi connectivity index (χ4n) is 2.55. The van der Waals surface area contributed by atoms with Gasteiger partial charge in [0.15, 0.2) is 15.6 Å². The highest BCUT2D eigenvalue weighted by Gasteiger charge is 2.18. The lowest BCUT2D eigenvalue weighted by Gasteiger charge is -2.04. The smallest absolute Gasteiger partial charge is 0.287 e. The van der Waals surface area contributed by atoms with Gasteiger partial charge in [0.1, 0.15) is 17.3 Å². The summed E-state index contributed by atoms with van der Waals surface area (Å²) >= 11 is 5.80. The van der Waals surface area contributed by atoms with Crippen molar-refractivity contribution in [3.63, 3.8) is 0 Å². The van der Waals surface area contributed by atoms with E-state index in [0.717, 1.165) is 5.56 Å². The van der Waals surface area contributed by atoms with E-state index in [-0.39, 0.29) is 35.4 Å². The predicted molar refractivity (Wildman–Crippen MR) is 104 cm³/mol. The summed E-state index contributed by atoms with van der Waals surface area (Å²) in [6.07, 6.45) is 0. The second-order valence-electron chi connectivity index (χ2n) is 6.23. The van der Waals surface area contributed by atoms with E-state index in [1.54, 1.807) is 36.4 Å². The van der Waals surface area contributed by atoms with Crippen LogP contribution in [0.5, 0.6) is 0 Å². The molecule has 1 N–H and O–H groups in total. The molecule has 0 aliphatic carbocycles. The maximum Gasteiger partial charge on any atom is 0.287 e. The van der Waals surface area contributed by atoms with Crippen molar-refractivity contribution in [1.82, 2.24) is 5.32 Å². The molecule has 0 aliphatic rings. The Balaban J connectivity index is 1.58. The van der Waals surface area contributed by atoms with Crippen LogP contribution in [0.2, 0.25) is 5.02 Å². The quantitative estimate of drug-likeness (QED) is 0.622. The SMILES string of the molecule is O=C(NCc1ccc(F)cc1)c1ccc(CS(=O)(=O)Cc2ccc(Cl)cc2)o1. The maximum absolute atomic E-state index is 12.9. The molecule has 0 unspecified atom stereocenters. The molecule has 146 valence electrons. The predicted octanol–water partition coefficient (Wildman–Crippen LogP) is 4.12. The lowest BCUT2D eigenvalue weighted by atomic mass is 10.2. The number of amides is 1. The van der Waals surface area contributed by atoms with Crippen LogP contribution in [0.25, 0.3) is 0 Å². The van der Waals surface area contributed by atoms with Crippen LogP contribution < -0.4 is 5.32 Å². The van der Waals surface area contributed by atoms with Crippen molar-refractivity contribution in [2.75, 3.05) is 0 Å². The number of furan rings is 1. The lowest BCUT2D eigenvalue weighted by Crippen LogP contribution is -2.22. The Morgan fingerprint density at radius 1 is 0.929 bits per heavy atom. The van der Waals surface area contributed by atoms with E-state index < -0.39 is 15.7 Å². The van der Waals surface area contributed by atoms with Crippen LogP contribution in [0, 0.1) is 5.82 Å². The number of sulfone groups is 1. The summed E-state index contributed by atoms with van der Waals surface area (Å²) in [6.45, 7) is 0.198. The second-order valence-corrected chi connectivity index (χ2v) is 8.73. The number of rotatable bonds is 7. The first-order valence-corrected chi connectivity index (χ1v) is 10.6. The fraction of sp³-hybridized carbons (Fsp3) is 0.150. The van der Waals surface area contributed by atoms with Crippen molar-refractivity contribution in [3.8, 4) is 0 Å². The van der Waals surface area contributed by atoms with E-state index in [1.165, 1.54) is 24.3 Å². The summed E-state index contributed by atoms with van der Waals surface area (Å²) in [4.78, 5) is 12.1. The molecule has 0 aliphatic heterocycles. The van der Waals surface area contributed by atoms with Crippen LogP contribution >= 0.6 is 11.6 Å². The Morgan fingerprint density at radius 3 is 2.25 bits per heavy atom. The first kappa shape index (κ1) is 20.1. The molecule has 1 aromatic heterocycles. The number of halogens is 2. The summed E-state index contributed by atoms with van der Waals surface area (Å²) in [5.74, 6) is -1.12. The normalized spacial score (nSPS) is 11.4. The van der Waals surface area contributed by atoms with Crippen LogP contribution in [0.4, 0.5) is 4.39 Å². The van der Waals surface area contributed by atoms with E-state index in [0.29, 0.717) is 10.6 Å². The molecule has 0 radical (unpaired) electrons. The summed E-state index contributed by atoms with van der Waals surface area (Å²) < 4.78 is 43.0. The van der Waals surface area contributed by atoms with Crippen molar-refractivity contribution in [3.05, 3.63) is 94.2 Å². The highest BCUT2D eigenvalue weighted by molar-refractivity contribution is 7.89. The van der Waals surface area contributed by atoms with Gasteiger partial charge in [0, 0.05) is 11.6 Å². The Hall–Kier alpha value is -2.64. The monoisotopic (exact) mass is 421 g/mol. The molecule has 0 saturated carbocycles. The molecule has 8 heteroatoms. The van der Waals surface area contributed by atoms with Gasteiger partial charge < -0.3 is 9.73 Å². The molecule has 0 atom stereocenters. The van der Waals surface area contributed by atoms with Gasteiger partial charge in [-0.1, -0.05) is 35.9 Å². The molecule has 0 spiro atoms. The molecule has 2 aromatic carbocycles. The Morgan fingerprint density at radius 2 is 1.57 bits per heavy atom. The average Bonchev–Trinajstić information content (AvgIpc) is 3.10. The van der Waals surface area contributed by atoms with Gasteiger partial charge in [0.05, 0.1) is 5.75 Å². The van der Waals surface area contributed by atoms with Crippen LogP contribution in [0.15, 0.2) is 65.1 Å². The minimum absolute atomic E-state index is 0.0128. The number of nitrogens with one attached hydrogen (secondary N) is 1. The van der Waals surface area contributed by atoms with Crippen molar-refractivity contribution in [2.24, 2.45) is 0 Å². The van der Waals surface area contributed by atoms with Crippen molar-refractivity contribution in [2.45, 2.75) is 18.1 Å². The molecular weight excluding hydrogens is 405 g/mol. The molecule has 5 nitrogen and oxygen atoms in total. The van der Waals surface area contributed by atoms with E-state index in [2.05, 4.69) is 5.32 Å². The molecule has 0 fully saturated rings. The van der Waals surface area contributed by atoms with Gasteiger partial charge in [-0.2, -0.15) is 0 Å². The third-order valence-corrected chi connectivity index (χ3v) is 5.66. The minimum Gasteiger partial charge on any atom is -0.455 e. The van der Waals surface area contributed by atoms with E-state index >= 15 is 0 Å². The Labute approximate surface area is 167 Å². The Bertz CT molecular complexity index is 1060. The molecule has 0 bridgehead atoms. The first-order valence-electron chi connectivity index (χ1n) is 8.37. The third-order valence-electron chi connectivity index (χ3n) is 3.91. The van der Waals surface area contributed by atoms with Gasteiger partial charge in [0.2, 0.25) is 0 Å². The van der Waals surface area contributed by atoms with Crippen LogP contribution in [0.3, 0.4) is 0 Å². The Kier molecular flexibility index (Phi) is 6.16. The molecule has 1 amide bonds. The molecular formula is C20H17ClFNO4S. The lowest BCUT2D eigenvalue weighted by molar-refractivity contribution is 0.0921. The summed E-state index contributed by atoms with van der Waals surface area (Å²) in [5.41, 5.74) is 1.35. The molecule has 0 saturated heterocycles. The third kappa shape index (κ3) is 5.68. The summed E-state index contributed by atoms with van der Waals surface area (Å²) in [7, 11) is -3.48. The largest absolute Gasteiger partial charge is 0.455 e. The van der Waals surface area contributed by atoms with Gasteiger partial charge in [-0.25, -0.2) is 12.8 Å². The van der Waals surface area contributed by atoms with E-state index in [9.17, 15) is 17.6 Å². The highest BCUT2D eigenvalue weighted by atomic mass is 35.5. The number of hydrogen-bond acceptors (Lipinski definition) is 4. The van der Waals surface area contributed by atoms with Crippen molar-refractivity contribution >= 4 is 27.3 Å². The van der Waals surface area contributed by atoms with E-state index in [1.807, 2.05) is 0 Å². The molecule has 3 rings (SSSR count). The molecule has 1 heterocycles. The average molecular weight is 422 g/mol. The number of carbonyl (C=O) groups is 1. The zero-order chi connectivity index (χ0) is 20.1. The fourth-order valence-corrected chi connectivity index (χ4v) is 4.07. The number of hydrogen-bond donors (Lipinski definition) is 1. The van der Waals surface area contributed by atoms with Crippen LogP contribution in [-0.2, 0) is 27.9 Å². The topological polar surface area (TPSA) is 76.4 Å². The van der Waals surface area contributed by atoms with E-state index in [4.69, 9.17) is 16.0 Å². The molecule has 28 heavy (non-hydrogen) atoms. The number of carbonyl (C=O) groups excluding carboxylic acids is 1. The van der Waals surface area contributed by atoms with Gasteiger partial charge in [-0.05, 0) is 47.5 Å². The van der Waals surface area contributed by atoms with Gasteiger partial charge in [0.25, 0.3) is 5.91 Å². The maximum atomic E-state index is 12.9. The molecule has 3 aromatic rings. The van der Waals surface area contributed by atoms with Crippen molar-refractivity contribution < 1.29 is 22.0 Å². The zero-order valence-electron chi connectivity index (χ0n) is 14.7. The summed E-state index contributed by atoms with van der Waals surface area (Å²) in [6, 6.07) is 15.2. The highest BCUT2D eigenvalue weighted by Crippen LogP contribution is 2.17. The van der Waals surface area contributed by atoms with Gasteiger partial charge in [-0.3, -0.25) is 4.79 Å². The standard InChI is InChI=1S/C20H17ClFNO4S/c21-16-5-1-15(2-6-16)12-28(25,26)13-18-9-10-19(27-18)20(24)23-11-14-3-7-17(22)8-4-14/h1-10H,11-13H2,(H,23,24). The van der Waals surface area contributed by atoms with Crippen LogP contribution in [-0.4, -0.2) is 14.3 Å². The minimum atomic E-state index is -3.48. The first-order chi connectivity index (χ1) is 13.3.